The molecule has 0 atom stereocenters. The fourth-order valence-electron chi connectivity index (χ4n) is 1.72. The van der Waals surface area contributed by atoms with E-state index in [1.165, 1.54) is 4.68 Å². The number of rotatable bonds is 2. The molecule has 1 heterocycles. The predicted octanol–water partition coefficient (Wildman–Crippen LogP) is 4.49. The van der Waals surface area contributed by atoms with Gasteiger partial charge in [0.2, 0.25) is 0 Å². The van der Waals surface area contributed by atoms with Crippen molar-refractivity contribution in [3.05, 3.63) is 39.6 Å². The number of ether oxygens (including phenoxy) is 1. The topological polar surface area (TPSA) is 27.1 Å². The molecule has 1 radical (unpaired) electrons. The van der Waals surface area contributed by atoms with Gasteiger partial charge in [0.05, 0.1) is 15.7 Å². The quantitative estimate of drug-likeness (QED) is 0.813. The zero-order chi connectivity index (χ0) is 15.1. The Morgan fingerprint density at radius 2 is 1.75 bits per heavy atom. The summed E-state index contributed by atoms with van der Waals surface area (Å²) in [5.74, 6) is -0.484. The average Bonchev–Trinajstić information content (AvgIpc) is 2.54. The Bertz CT molecular complexity index is 630. The van der Waals surface area contributed by atoms with Crippen LogP contribution in [0.25, 0.3) is 5.69 Å². The Labute approximate surface area is 122 Å². The van der Waals surface area contributed by atoms with Crippen molar-refractivity contribution in [3.63, 3.8) is 0 Å². The standard InChI is InChI=1S/C12H8Cl2F3N2O/c1-6-3-7(2)19(18-6)11-9(13)4-8(5-10(11)14)20-12(15,16)17/h4-5H,1-2H3. The largest absolute Gasteiger partial charge is 0.573 e. The van der Waals surface area contributed by atoms with Crippen LogP contribution < -0.4 is 4.74 Å². The van der Waals surface area contributed by atoms with Crippen LogP contribution in [0.2, 0.25) is 10.0 Å². The highest BCUT2D eigenvalue weighted by atomic mass is 35.5. The van der Waals surface area contributed by atoms with Crippen LogP contribution in [0.3, 0.4) is 0 Å². The molecule has 3 nitrogen and oxygen atoms in total. The molecule has 0 bridgehead atoms. The zero-order valence-corrected chi connectivity index (χ0v) is 11.9. The third-order valence-electron chi connectivity index (χ3n) is 2.37. The van der Waals surface area contributed by atoms with Gasteiger partial charge < -0.3 is 4.74 Å². The monoisotopic (exact) mass is 323 g/mol. The van der Waals surface area contributed by atoms with Crippen molar-refractivity contribution < 1.29 is 17.9 Å². The van der Waals surface area contributed by atoms with Crippen molar-refractivity contribution in [1.82, 2.24) is 9.78 Å². The lowest BCUT2D eigenvalue weighted by Gasteiger charge is -2.13. The van der Waals surface area contributed by atoms with Crippen LogP contribution in [0.15, 0.2) is 12.1 Å². The minimum absolute atomic E-state index is 0.00338. The van der Waals surface area contributed by atoms with E-state index in [0.29, 0.717) is 11.4 Å². The maximum Gasteiger partial charge on any atom is 0.573 e. The SMILES string of the molecule is Cc1[c]c(C)n(-c2c(Cl)cc(OC(F)(F)F)cc2Cl)n1. The summed E-state index contributed by atoms with van der Waals surface area (Å²) in [4.78, 5) is 0. The van der Waals surface area contributed by atoms with Gasteiger partial charge in [0.15, 0.2) is 0 Å². The molecule has 0 spiro atoms. The number of hydrogen-bond donors (Lipinski definition) is 0. The van der Waals surface area contributed by atoms with Crippen molar-refractivity contribution >= 4 is 23.2 Å². The maximum atomic E-state index is 12.2. The van der Waals surface area contributed by atoms with E-state index < -0.39 is 12.1 Å². The minimum atomic E-state index is -4.81. The highest BCUT2D eigenvalue weighted by molar-refractivity contribution is 6.38. The average molecular weight is 324 g/mol. The first kappa shape index (κ1) is 15.0. The maximum absolute atomic E-state index is 12.2. The molecule has 1 aromatic heterocycles. The number of nitrogens with zero attached hydrogens (tertiary/aromatic N) is 2. The van der Waals surface area contributed by atoms with Crippen molar-refractivity contribution in [2.75, 3.05) is 0 Å². The predicted molar refractivity (Wildman–Crippen MR) is 68.6 cm³/mol. The summed E-state index contributed by atoms with van der Waals surface area (Å²) in [6, 6.07) is 5.01. The first-order valence-corrected chi connectivity index (χ1v) is 6.13. The summed E-state index contributed by atoms with van der Waals surface area (Å²) in [6.07, 6.45) is -4.81. The molecule has 2 rings (SSSR count). The molecule has 8 heteroatoms. The Kier molecular flexibility index (Phi) is 3.88. The van der Waals surface area contributed by atoms with Crippen LogP contribution in [-0.2, 0) is 0 Å². The summed E-state index contributed by atoms with van der Waals surface area (Å²) in [5, 5.41) is 4.13. The van der Waals surface area contributed by atoms with Gasteiger partial charge in [-0.15, -0.1) is 13.2 Å². The summed E-state index contributed by atoms with van der Waals surface area (Å²) in [7, 11) is 0. The van der Waals surface area contributed by atoms with Crippen LogP contribution in [0.1, 0.15) is 11.4 Å². The second-order valence-corrected chi connectivity index (χ2v) is 4.81. The molecule has 0 aliphatic heterocycles. The molecule has 0 saturated heterocycles. The van der Waals surface area contributed by atoms with Gasteiger partial charge in [-0.3, -0.25) is 0 Å². The van der Waals surface area contributed by atoms with E-state index in [4.69, 9.17) is 23.2 Å². The molecule has 0 aliphatic rings. The van der Waals surface area contributed by atoms with Crippen LogP contribution in [0.4, 0.5) is 13.2 Å². The van der Waals surface area contributed by atoms with Gasteiger partial charge in [0.1, 0.15) is 11.4 Å². The second-order valence-electron chi connectivity index (χ2n) is 3.99. The number of hydrogen-bond acceptors (Lipinski definition) is 2. The molecule has 107 valence electrons. The number of aromatic nitrogens is 2. The zero-order valence-electron chi connectivity index (χ0n) is 10.3. The lowest BCUT2D eigenvalue weighted by Crippen LogP contribution is -2.17. The molecule has 20 heavy (non-hydrogen) atoms. The van der Waals surface area contributed by atoms with Gasteiger partial charge in [0, 0.05) is 23.9 Å². The normalized spacial score (nSPS) is 11.8. The van der Waals surface area contributed by atoms with E-state index in [9.17, 15) is 13.2 Å². The summed E-state index contributed by atoms with van der Waals surface area (Å²) >= 11 is 11.9. The number of benzene rings is 1. The van der Waals surface area contributed by atoms with Crippen LogP contribution in [0, 0.1) is 19.9 Å². The van der Waals surface area contributed by atoms with Gasteiger partial charge in [-0.25, -0.2) is 4.68 Å². The van der Waals surface area contributed by atoms with Crippen LogP contribution in [-0.4, -0.2) is 16.1 Å². The van der Waals surface area contributed by atoms with Crippen molar-refractivity contribution in [1.29, 1.82) is 0 Å². The van der Waals surface area contributed by atoms with Crippen molar-refractivity contribution in [3.8, 4) is 11.4 Å². The highest BCUT2D eigenvalue weighted by Gasteiger charge is 2.31. The third-order valence-corrected chi connectivity index (χ3v) is 2.94. The van der Waals surface area contributed by atoms with Gasteiger partial charge in [-0.2, -0.15) is 5.10 Å². The summed E-state index contributed by atoms with van der Waals surface area (Å²) < 4.78 is 41.7. The third kappa shape index (κ3) is 3.19. The summed E-state index contributed by atoms with van der Waals surface area (Å²) in [5.41, 5.74) is 1.53. The molecular formula is C12H8Cl2F3N2O. The molecule has 0 N–H and O–H groups in total. The van der Waals surface area contributed by atoms with E-state index in [-0.39, 0.29) is 15.7 Å². The van der Waals surface area contributed by atoms with E-state index in [0.717, 1.165) is 12.1 Å². The second kappa shape index (κ2) is 5.18. The van der Waals surface area contributed by atoms with Crippen LogP contribution >= 0.6 is 23.2 Å². The Morgan fingerprint density at radius 1 is 1.20 bits per heavy atom. The molecule has 2 aromatic rings. The van der Waals surface area contributed by atoms with Gasteiger partial charge in [0.25, 0.3) is 0 Å². The Morgan fingerprint density at radius 3 is 2.15 bits per heavy atom. The molecular weight excluding hydrogens is 316 g/mol. The van der Waals surface area contributed by atoms with E-state index in [1.807, 2.05) is 0 Å². The highest BCUT2D eigenvalue weighted by Crippen LogP contribution is 2.35. The molecule has 0 saturated carbocycles. The van der Waals surface area contributed by atoms with Gasteiger partial charge >= 0.3 is 6.36 Å². The first-order valence-electron chi connectivity index (χ1n) is 5.38. The lowest BCUT2D eigenvalue weighted by molar-refractivity contribution is -0.274. The van der Waals surface area contributed by atoms with Crippen molar-refractivity contribution in [2.24, 2.45) is 0 Å². The van der Waals surface area contributed by atoms with Crippen molar-refractivity contribution in [2.45, 2.75) is 20.2 Å². The fraction of sp³-hybridized carbons (Fsp3) is 0.250. The van der Waals surface area contributed by atoms with Crippen LogP contribution in [0.5, 0.6) is 5.75 Å². The molecule has 0 unspecified atom stereocenters. The number of alkyl halides is 3. The van der Waals surface area contributed by atoms with E-state index >= 15 is 0 Å². The summed E-state index contributed by atoms with van der Waals surface area (Å²) in [6.45, 7) is 3.46. The molecule has 0 fully saturated rings. The van der Waals surface area contributed by atoms with Gasteiger partial charge in [-0.1, -0.05) is 23.2 Å². The number of halogens is 5. The fourth-order valence-corrected chi connectivity index (χ4v) is 2.35. The van der Waals surface area contributed by atoms with E-state index in [2.05, 4.69) is 15.9 Å². The molecule has 0 aliphatic carbocycles. The number of aryl methyl sites for hydroxylation is 2. The first-order chi connectivity index (χ1) is 9.17. The minimum Gasteiger partial charge on any atom is -0.406 e. The van der Waals surface area contributed by atoms with E-state index in [1.54, 1.807) is 13.8 Å². The van der Waals surface area contributed by atoms with Gasteiger partial charge in [-0.05, 0) is 13.8 Å². The Balaban J connectivity index is 2.49. The molecule has 0 amide bonds. The molecule has 1 aromatic carbocycles. The lowest BCUT2D eigenvalue weighted by atomic mass is 10.3. The smallest absolute Gasteiger partial charge is 0.406 e. The Hall–Kier alpha value is -1.40.